The van der Waals surface area contributed by atoms with E-state index in [1.54, 1.807) is 7.11 Å². The fourth-order valence-electron chi connectivity index (χ4n) is 7.33. The Morgan fingerprint density at radius 1 is 1.13 bits per heavy atom. The highest BCUT2D eigenvalue weighted by molar-refractivity contribution is 6.01. The third-order valence-corrected chi connectivity index (χ3v) is 9.45. The summed E-state index contributed by atoms with van der Waals surface area (Å²) in [5.41, 5.74) is 3.81. The molecular formula is C33H44N4O2. The molecule has 3 heterocycles. The predicted molar refractivity (Wildman–Crippen MR) is 160 cm³/mol. The van der Waals surface area contributed by atoms with E-state index >= 15 is 0 Å². The first-order valence-electron chi connectivity index (χ1n) is 15.0. The predicted octanol–water partition coefficient (Wildman–Crippen LogP) is 6.22. The number of nitrogens with zero attached hydrogens (tertiary/aromatic N) is 3. The summed E-state index contributed by atoms with van der Waals surface area (Å²) in [5, 5.41) is 16.7. The Morgan fingerprint density at radius 3 is 2.54 bits per heavy atom. The maximum atomic E-state index is 10.5. The largest absolute Gasteiger partial charge is 0.508 e. The standard InChI is InChI=1S/C33H44N4O2/c1-4-5-10-32(39-3)35-33(37-20-26-15-23-11-12-24(23)16-27(21-37)34-26)29-13-14-36(19-22(29)2)31-18-28(38)17-25-8-6-7-9-30(25)31/h6-10,17-18,23-24,26-27,34,38H,4-5,11-16,19-21H2,1-3H3/b32-10-,35-33+/t23?,24?,26-,27+. The molecule has 0 amide bonds. The lowest BCUT2D eigenvalue weighted by atomic mass is 9.69. The summed E-state index contributed by atoms with van der Waals surface area (Å²) < 4.78 is 5.78. The molecule has 0 spiro atoms. The molecule has 1 saturated carbocycles. The van der Waals surface area contributed by atoms with Crippen molar-refractivity contribution in [1.29, 1.82) is 0 Å². The second-order valence-corrected chi connectivity index (χ2v) is 12.1. The van der Waals surface area contributed by atoms with Crippen molar-refractivity contribution in [3.05, 3.63) is 59.5 Å². The van der Waals surface area contributed by atoms with Crippen LogP contribution < -0.4 is 10.2 Å². The van der Waals surface area contributed by atoms with Gasteiger partial charge >= 0.3 is 0 Å². The maximum absolute atomic E-state index is 10.5. The summed E-state index contributed by atoms with van der Waals surface area (Å²) in [6, 6.07) is 13.2. The highest BCUT2D eigenvalue weighted by Gasteiger charge is 2.42. The minimum Gasteiger partial charge on any atom is -0.508 e. The summed E-state index contributed by atoms with van der Waals surface area (Å²) in [6.07, 6.45) is 10.5. The number of hydrogen-bond acceptors (Lipinski definition) is 5. The molecule has 3 aliphatic heterocycles. The first-order chi connectivity index (χ1) is 19.0. The van der Waals surface area contributed by atoms with Crippen molar-refractivity contribution in [3.63, 3.8) is 0 Å². The number of aromatic hydroxyl groups is 1. The zero-order valence-corrected chi connectivity index (χ0v) is 23.8. The number of rotatable bonds is 6. The summed E-state index contributed by atoms with van der Waals surface area (Å²) in [7, 11) is 1.74. The molecule has 2 unspecified atom stereocenters. The highest BCUT2D eigenvalue weighted by Crippen LogP contribution is 2.44. The Bertz CT molecular complexity index is 1280. The number of benzene rings is 2. The van der Waals surface area contributed by atoms with E-state index in [2.05, 4.69) is 53.2 Å². The summed E-state index contributed by atoms with van der Waals surface area (Å²) in [5.74, 6) is 3.99. The van der Waals surface area contributed by atoms with Crippen molar-refractivity contribution in [1.82, 2.24) is 10.2 Å². The van der Waals surface area contributed by atoms with Crippen LogP contribution in [0.2, 0.25) is 0 Å². The maximum Gasteiger partial charge on any atom is 0.210 e. The van der Waals surface area contributed by atoms with Crippen LogP contribution in [0.1, 0.15) is 58.8 Å². The van der Waals surface area contributed by atoms with Gasteiger partial charge in [-0.3, -0.25) is 0 Å². The smallest absolute Gasteiger partial charge is 0.210 e. The number of ether oxygens (including phenoxy) is 1. The molecule has 0 aromatic heterocycles. The van der Waals surface area contributed by atoms with E-state index in [-0.39, 0.29) is 0 Å². The van der Waals surface area contributed by atoms with E-state index in [9.17, 15) is 5.11 Å². The number of phenolic OH excluding ortho intramolecular Hbond substituents is 1. The average molecular weight is 529 g/mol. The van der Waals surface area contributed by atoms with E-state index in [1.165, 1.54) is 42.2 Å². The fourth-order valence-corrected chi connectivity index (χ4v) is 7.33. The molecule has 2 saturated heterocycles. The van der Waals surface area contributed by atoms with Gasteiger partial charge in [-0.25, -0.2) is 0 Å². The molecule has 2 bridgehead atoms. The first-order valence-corrected chi connectivity index (χ1v) is 15.0. The molecule has 2 N–H and O–H groups in total. The van der Waals surface area contributed by atoms with E-state index < -0.39 is 0 Å². The van der Waals surface area contributed by atoms with Gasteiger partial charge in [0.15, 0.2) is 0 Å². The van der Waals surface area contributed by atoms with E-state index in [0.29, 0.717) is 17.8 Å². The number of hydrogen-bond donors (Lipinski definition) is 2. The van der Waals surface area contributed by atoms with Crippen LogP contribution in [0.25, 0.3) is 10.8 Å². The van der Waals surface area contributed by atoms with Crippen LogP contribution >= 0.6 is 0 Å². The van der Waals surface area contributed by atoms with Gasteiger partial charge in [0, 0.05) is 55.4 Å². The summed E-state index contributed by atoms with van der Waals surface area (Å²) >= 11 is 0. The molecular weight excluding hydrogens is 484 g/mol. The van der Waals surface area contributed by atoms with Crippen molar-refractivity contribution in [2.75, 3.05) is 38.2 Å². The Balaban J connectivity index is 1.33. The first kappa shape index (κ1) is 26.2. The molecule has 1 aliphatic carbocycles. The highest BCUT2D eigenvalue weighted by atomic mass is 16.5. The number of nitrogens with one attached hydrogen (secondary N) is 1. The Labute approximate surface area is 233 Å². The van der Waals surface area contributed by atoms with Crippen LogP contribution in [0.15, 0.2) is 64.5 Å². The van der Waals surface area contributed by atoms with E-state index in [0.717, 1.165) is 80.1 Å². The number of methoxy groups -OCH3 is 1. The lowest BCUT2D eigenvalue weighted by Gasteiger charge is -2.41. The molecule has 6 heteroatoms. The lowest BCUT2D eigenvalue weighted by Crippen LogP contribution is -2.57. The van der Waals surface area contributed by atoms with E-state index in [1.807, 2.05) is 18.2 Å². The molecule has 208 valence electrons. The zero-order valence-electron chi connectivity index (χ0n) is 23.8. The number of allylic oxidation sites excluding steroid dienone is 1. The fraction of sp³-hybridized carbons (Fsp3) is 0.545. The van der Waals surface area contributed by atoms with Gasteiger partial charge in [-0.1, -0.05) is 37.6 Å². The number of piperazine rings is 1. The summed E-state index contributed by atoms with van der Waals surface area (Å²) in [4.78, 5) is 10.2. The van der Waals surface area contributed by atoms with Crippen LogP contribution in [-0.2, 0) is 4.74 Å². The van der Waals surface area contributed by atoms with Crippen LogP contribution in [0, 0.1) is 11.8 Å². The molecule has 2 aromatic rings. The van der Waals surface area contributed by atoms with Crippen LogP contribution in [0.4, 0.5) is 5.69 Å². The second-order valence-electron chi connectivity index (χ2n) is 12.1. The Morgan fingerprint density at radius 2 is 1.87 bits per heavy atom. The number of amidine groups is 1. The number of fused-ring (bicyclic) bond motifs is 4. The quantitative estimate of drug-likeness (QED) is 0.265. The second kappa shape index (κ2) is 11.2. The van der Waals surface area contributed by atoms with Gasteiger partial charge in [-0.05, 0) is 86.0 Å². The molecule has 4 atom stereocenters. The van der Waals surface area contributed by atoms with Crippen LogP contribution in [0.5, 0.6) is 5.75 Å². The van der Waals surface area contributed by atoms with Crippen LogP contribution in [0.3, 0.4) is 0 Å². The van der Waals surface area contributed by atoms with Crippen molar-refractivity contribution < 1.29 is 9.84 Å². The van der Waals surface area contributed by atoms with Gasteiger partial charge in [-0.15, -0.1) is 0 Å². The normalized spacial score (nSPS) is 27.8. The van der Waals surface area contributed by atoms with Gasteiger partial charge in [0.1, 0.15) is 11.6 Å². The number of aliphatic imine (C=N–C) groups is 1. The Kier molecular flexibility index (Phi) is 7.57. The molecule has 4 aliphatic rings. The van der Waals surface area contributed by atoms with E-state index in [4.69, 9.17) is 9.73 Å². The molecule has 3 fully saturated rings. The van der Waals surface area contributed by atoms with Crippen molar-refractivity contribution in [2.45, 2.75) is 70.9 Å². The minimum absolute atomic E-state index is 0.321. The van der Waals surface area contributed by atoms with Gasteiger partial charge in [-0.2, -0.15) is 4.99 Å². The van der Waals surface area contributed by atoms with Gasteiger partial charge in [0.05, 0.1) is 7.11 Å². The number of anilines is 1. The molecule has 6 rings (SSSR count). The number of phenols is 1. The lowest BCUT2D eigenvalue weighted by molar-refractivity contribution is 0.160. The third kappa shape index (κ3) is 5.41. The SMILES string of the molecule is CCC/C=C(/N=C(\C1=C(C)CN(c2cc(O)cc3ccccc23)CC1)N1C[C@H]2CC3CCC3C[C@@H](C1)N2)OC. The minimum atomic E-state index is 0.321. The van der Waals surface area contributed by atoms with Crippen LogP contribution in [-0.4, -0.2) is 61.2 Å². The van der Waals surface area contributed by atoms with Crippen molar-refractivity contribution >= 4 is 22.3 Å². The molecule has 6 nitrogen and oxygen atoms in total. The van der Waals surface area contributed by atoms with Gasteiger partial charge in [0.25, 0.3) is 0 Å². The monoisotopic (exact) mass is 528 g/mol. The number of unbranched alkanes of at least 4 members (excludes halogenated alkanes) is 1. The van der Waals surface area contributed by atoms with Gasteiger partial charge < -0.3 is 25.0 Å². The summed E-state index contributed by atoms with van der Waals surface area (Å²) in [6.45, 7) is 8.20. The molecule has 2 aromatic carbocycles. The molecule has 0 radical (unpaired) electrons. The van der Waals surface area contributed by atoms with Gasteiger partial charge in [0.2, 0.25) is 5.88 Å². The average Bonchev–Trinajstić information content (AvgIpc) is 3.01. The Hall–Kier alpha value is -2.99. The zero-order chi connectivity index (χ0) is 26.9. The van der Waals surface area contributed by atoms with Crippen molar-refractivity contribution in [2.24, 2.45) is 16.8 Å². The third-order valence-electron chi connectivity index (χ3n) is 9.45. The molecule has 39 heavy (non-hydrogen) atoms. The van der Waals surface area contributed by atoms with Crippen molar-refractivity contribution in [3.8, 4) is 5.75 Å². The topological polar surface area (TPSA) is 60.3 Å².